The van der Waals surface area contributed by atoms with Crippen LogP contribution in [0.25, 0.3) is 11.1 Å². The molecule has 1 amide bonds. The van der Waals surface area contributed by atoms with Gasteiger partial charge in [-0.05, 0) is 43.8 Å². The molecule has 1 aliphatic carbocycles. The standard InChI is InChI=1S/C20H16BrNO4/c21-18(19(23)24)12-9-22(10-12)20(25)26-11-17-15-7-3-1-5-13(15)14-6-2-4-8-16(14)17/h1-8,17H,9-11H2,(H,23,24). The molecule has 2 aromatic rings. The van der Waals surface area contributed by atoms with E-state index in [0.717, 1.165) is 0 Å². The van der Waals surface area contributed by atoms with E-state index < -0.39 is 12.1 Å². The Balaban J connectivity index is 1.45. The fraction of sp³-hybridized carbons (Fsp3) is 0.200. The Bertz CT molecular complexity index is 883. The number of halogens is 1. The molecule has 26 heavy (non-hydrogen) atoms. The molecule has 0 unspecified atom stereocenters. The minimum absolute atomic E-state index is 0.0217. The number of fused-ring (bicyclic) bond motifs is 3. The Morgan fingerprint density at radius 1 is 1.04 bits per heavy atom. The summed E-state index contributed by atoms with van der Waals surface area (Å²) in [7, 11) is 0. The first-order chi connectivity index (χ1) is 12.6. The highest BCUT2D eigenvalue weighted by Crippen LogP contribution is 2.44. The summed E-state index contributed by atoms with van der Waals surface area (Å²) >= 11 is 3.03. The molecule has 0 radical (unpaired) electrons. The van der Waals surface area contributed by atoms with Crippen molar-refractivity contribution in [3.63, 3.8) is 0 Å². The molecule has 1 heterocycles. The van der Waals surface area contributed by atoms with E-state index in [9.17, 15) is 9.59 Å². The van der Waals surface area contributed by atoms with Gasteiger partial charge >= 0.3 is 12.1 Å². The smallest absolute Gasteiger partial charge is 0.410 e. The molecule has 5 nitrogen and oxygen atoms in total. The quantitative estimate of drug-likeness (QED) is 0.772. The molecule has 0 aromatic heterocycles. The van der Waals surface area contributed by atoms with E-state index in [1.54, 1.807) is 0 Å². The van der Waals surface area contributed by atoms with Gasteiger partial charge in [0.05, 0.1) is 0 Å². The Labute approximate surface area is 159 Å². The summed E-state index contributed by atoms with van der Waals surface area (Å²) in [5, 5.41) is 8.94. The summed E-state index contributed by atoms with van der Waals surface area (Å²) in [6.07, 6.45) is -0.415. The summed E-state index contributed by atoms with van der Waals surface area (Å²) in [5.74, 6) is -0.999. The second-order valence-corrected chi connectivity index (χ2v) is 7.18. The first-order valence-electron chi connectivity index (χ1n) is 8.27. The summed E-state index contributed by atoms with van der Waals surface area (Å²) in [5.41, 5.74) is 5.39. The van der Waals surface area contributed by atoms with Crippen LogP contribution < -0.4 is 0 Å². The average Bonchev–Trinajstić information content (AvgIpc) is 2.92. The van der Waals surface area contributed by atoms with E-state index in [1.807, 2.05) is 24.3 Å². The number of nitrogens with zero attached hydrogens (tertiary/aromatic N) is 1. The molecule has 1 N–H and O–H groups in total. The molecule has 0 saturated carbocycles. The number of carboxylic acid groups (broad SMARTS) is 1. The lowest BCUT2D eigenvalue weighted by atomic mass is 9.98. The highest BCUT2D eigenvalue weighted by Gasteiger charge is 2.33. The number of carbonyl (C=O) groups is 2. The number of benzene rings is 2. The van der Waals surface area contributed by atoms with Gasteiger partial charge in [0, 0.05) is 19.0 Å². The zero-order valence-corrected chi connectivity index (χ0v) is 15.4. The molecule has 0 spiro atoms. The first-order valence-corrected chi connectivity index (χ1v) is 9.06. The van der Waals surface area contributed by atoms with Crippen LogP contribution in [0.1, 0.15) is 17.0 Å². The fourth-order valence-corrected chi connectivity index (χ4v) is 3.77. The van der Waals surface area contributed by atoms with Crippen LogP contribution in [-0.2, 0) is 9.53 Å². The lowest BCUT2D eigenvalue weighted by Crippen LogP contribution is -2.45. The number of hydrogen-bond acceptors (Lipinski definition) is 3. The minimum atomic E-state index is -1.02. The molecule has 132 valence electrons. The molecule has 1 fully saturated rings. The van der Waals surface area contributed by atoms with Crippen LogP contribution in [0.5, 0.6) is 0 Å². The molecule has 2 aliphatic rings. The molecule has 4 rings (SSSR count). The van der Waals surface area contributed by atoms with Crippen LogP contribution in [0.3, 0.4) is 0 Å². The number of amides is 1. The molecule has 6 heteroatoms. The number of likely N-dealkylation sites (tertiary alicyclic amines) is 1. The number of rotatable bonds is 3. The first kappa shape index (κ1) is 16.8. The van der Waals surface area contributed by atoms with Crippen molar-refractivity contribution in [1.82, 2.24) is 4.90 Å². The van der Waals surface area contributed by atoms with Crippen molar-refractivity contribution in [3.05, 3.63) is 69.7 Å². The average molecular weight is 414 g/mol. The second-order valence-electron chi connectivity index (χ2n) is 6.38. The van der Waals surface area contributed by atoms with Crippen LogP contribution in [-0.4, -0.2) is 41.8 Å². The van der Waals surface area contributed by atoms with Crippen molar-refractivity contribution in [2.75, 3.05) is 19.7 Å². The van der Waals surface area contributed by atoms with Gasteiger partial charge in [-0.2, -0.15) is 0 Å². The van der Waals surface area contributed by atoms with Gasteiger partial charge in [-0.3, -0.25) is 4.90 Å². The lowest BCUT2D eigenvalue weighted by Gasteiger charge is -2.33. The SMILES string of the molecule is O=C(O)C(Br)=C1CN(C(=O)OCC2c3ccccc3-c3ccccc32)C1. The van der Waals surface area contributed by atoms with Crippen LogP contribution in [0, 0.1) is 0 Å². The van der Waals surface area contributed by atoms with Gasteiger partial charge in [0.1, 0.15) is 11.1 Å². The maximum Gasteiger partial charge on any atom is 0.410 e. The molecule has 1 saturated heterocycles. The third-order valence-corrected chi connectivity index (χ3v) is 5.76. The number of carboxylic acids is 1. The normalized spacial score (nSPS) is 15.1. The van der Waals surface area contributed by atoms with E-state index >= 15 is 0 Å². The van der Waals surface area contributed by atoms with Gasteiger partial charge in [0.25, 0.3) is 0 Å². The largest absolute Gasteiger partial charge is 0.477 e. The van der Waals surface area contributed by atoms with E-state index in [0.29, 0.717) is 5.57 Å². The summed E-state index contributed by atoms with van der Waals surface area (Å²) < 4.78 is 5.66. The number of hydrogen-bond donors (Lipinski definition) is 1. The van der Waals surface area contributed by atoms with Gasteiger partial charge in [0.2, 0.25) is 0 Å². The maximum absolute atomic E-state index is 12.3. The van der Waals surface area contributed by atoms with Crippen molar-refractivity contribution in [1.29, 1.82) is 0 Å². The summed E-state index contributed by atoms with van der Waals surface area (Å²) in [6.45, 7) is 0.829. The lowest BCUT2D eigenvalue weighted by molar-refractivity contribution is -0.131. The maximum atomic E-state index is 12.3. The minimum Gasteiger partial charge on any atom is -0.477 e. The Hall–Kier alpha value is -2.60. The summed E-state index contributed by atoms with van der Waals surface area (Å²) in [4.78, 5) is 24.7. The Morgan fingerprint density at radius 3 is 2.12 bits per heavy atom. The monoisotopic (exact) mass is 413 g/mol. The van der Waals surface area contributed by atoms with Crippen molar-refractivity contribution in [2.24, 2.45) is 0 Å². The van der Waals surface area contributed by atoms with Crippen LogP contribution >= 0.6 is 15.9 Å². The number of aliphatic carboxylic acids is 1. The van der Waals surface area contributed by atoms with E-state index in [4.69, 9.17) is 9.84 Å². The highest BCUT2D eigenvalue weighted by atomic mass is 79.9. The molecule has 0 atom stereocenters. The molecule has 0 bridgehead atoms. The zero-order chi connectivity index (χ0) is 18.3. The van der Waals surface area contributed by atoms with E-state index in [1.165, 1.54) is 27.2 Å². The van der Waals surface area contributed by atoms with Crippen molar-refractivity contribution in [2.45, 2.75) is 5.92 Å². The third-order valence-electron chi connectivity index (χ3n) is 4.86. The molecule has 2 aromatic carbocycles. The number of carbonyl (C=O) groups excluding carboxylic acids is 1. The second kappa shape index (κ2) is 6.61. The van der Waals surface area contributed by atoms with Crippen molar-refractivity contribution < 1.29 is 19.4 Å². The van der Waals surface area contributed by atoms with Crippen LogP contribution in [0.15, 0.2) is 58.6 Å². The van der Waals surface area contributed by atoms with Gasteiger partial charge in [-0.1, -0.05) is 48.5 Å². The van der Waals surface area contributed by atoms with Gasteiger partial charge < -0.3 is 9.84 Å². The van der Waals surface area contributed by atoms with Crippen LogP contribution in [0.4, 0.5) is 4.79 Å². The highest BCUT2D eigenvalue weighted by molar-refractivity contribution is 9.12. The van der Waals surface area contributed by atoms with E-state index in [2.05, 4.69) is 40.2 Å². The fourth-order valence-electron chi connectivity index (χ4n) is 3.52. The number of ether oxygens (including phenoxy) is 1. The van der Waals surface area contributed by atoms with E-state index in [-0.39, 0.29) is 30.1 Å². The predicted octanol–water partition coefficient (Wildman–Crippen LogP) is 3.98. The Morgan fingerprint density at radius 2 is 1.58 bits per heavy atom. The van der Waals surface area contributed by atoms with Crippen molar-refractivity contribution >= 4 is 28.0 Å². The molecular weight excluding hydrogens is 398 g/mol. The third kappa shape index (κ3) is 2.80. The Kier molecular flexibility index (Phi) is 4.28. The van der Waals surface area contributed by atoms with Gasteiger partial charge in [0.15, 0.2) is 0 Å². The summed E-state index contributed by atoms with van der Waals surface area (Å²) in [6, 6.07) is 16.3. The molecular formula is C20H16BrNO4. The predicted molar refractivity (Wildman–Crippen MR) is 100 cm³/mol. The topological polar surface area (TPSA) is 66.8 Å². The van der Waals surface area contributed by atoms with Gasteiger partial charge in [-0.25, -0.2) is 9.59 Å². The zero-order valence-electron chi connectivity index (χ0n) is 13.8. The molecule has 1 aliphatic heterocycles. The van der Waals surface area contributed by atoms with Gasteiger partial charge in [-0.15, -0.1) is 0 Å². The van der Waals surface area contributed by atoms with Crippen molar-refractivity contribution in [3.8, 4) is 11.1 Å². The van der Waals surface area contributed by atoms with Crippen LogP contribution in [0.2, 0.25) is 0 Å².